The zero-order chi connectivity index (χ0) is 22.3. The molecule has 2 aliphatic rings. The SMILES string of the molecule is N#CCC1(n2cc(-c3nc(C(=N)/C=C(\N)CO)cn4nccc34)cn2)CN(CC2CC2)C1. The highest BCUT2D eigenvalue weighted by molar-refractivity contribution is 6.05. The van der Waals surface area contributed by atoms with Crippen molar-refractivity contribution in [1.82, 2.24) is 29.3 Å². The average Bonchev–Trinajstić information content (AvgIpc) is 3.24. The minimum Gasteiger partial charge on any atom is -0.400 e. The van der Waals surface area contributed by atoms with Gasteiger partial charge in [-0.05, 0) is 30.9 Å². The molecule has 10 nitrogen and oxygen atoms in total. The molecular formula is C22H25N9O. The predicted molar refractivity (Wildman–Crippen MR) is 118 cm³/mol. The summed E-state index contributed by atoms with van der Waals surface area (Å²) < 4.78 is 3.57. The van der Waals surface area contributed by atoms with Crippen molar-refractivity contribution >= 4 is 11.2 Å². The number of allylic oxidation sites excluding steroid dienone is 1. The van der Waals surface area contributed by atoms with Crippen molar-refractivity contribution in [3.05, 3.63) is 48.3 Å². The van der Waals surface area contributed by atoms with E-state index >= 15 is 0 Å². The lowest BCUT2D eigenvalue weighted by atomic mass is 9.86. The molecule has 3 aromatic heterocycles. The maximum atomic E-state index is 9.45. The molecule has 164 valence electrons. The number of nitrogens with two attached hydrogens (primary N) is 1. The smallest absolute Gasteiger partial charge is 0.107 e. The Kier molecular flexibility index (Phi) is 5.00. The highest BCUT2D eigenvalue weighted by Crippen LogP contribution is 2.38. The summed E-state index contributed by atoms with van der Waals surface area (Å²) in [5.41, 5.74) is 8.24. The zero-order valence-corrected chi connectivity index (χ0v) is 17.6. The zero-order valence-electron chi connectivity index (χ0n) is 17.6. The summed E-state index contributed by atoms with van der Waals surface area (Å²) in [6.45, 7) is 2.42. The summed E-state index contributed by atoms with van der Waals surface area (Å²) in [4.78, 5) is 7.09. The first-order valence-electron chi connectivity index (χ1n) is 10.7. The third-order valence-electron chi connectivity index (χ3n) is 6.18. The van der Waals surface area contributed by atoms with Gasteiger partial charge in [0.25, 0.3) is 0 Å². The molecule has 5 rings (SSSR count). The van der Waals surface area contributed by atoms with Gasteiger partial charge in [0.15, 0.2) is 0 Å². The van der Waals surface area contributed by atoms with Crippen molar-refractivity contribution in [3.8, 4) is 17.3 Å². The lowest BCUT2D eigenvalue weighted by Gasteiger charge is -2.49. The molecule has 0 atom stereocenters. The predicted octanol–water partition coefficient (Wildman–Crippen LogP) is 1.13. The number of nitrogens with one attached hydrogen (secondary N) is 1. The summed E-state index contributed by atoms with van der Waals surface area (Å²) in [6, 6.07) is 4.19. The second-order valence-corrected chi connectivity index (χ2v) is 8.77. The van der Waals surface area contributed by atoms with Gasteiger partial charge in [-0.2, -0.15) is 15.5 Å². The van der Waals surface area contributed by atoms with Crippen LogP contribution in [0.15, 0.2) is 42.6 Å². The number of nitrogens with zero attached hydrogens (tertiary/aromatic N) is 7. The second kappa shape index (κ2) is 7.85. The molecule has 0 spiro atoms. The minimum absolute atomic E-state index is 0.0817. The Hall–Kier alpha value is -3.55. The summed E-state index contributed by atoms with van der Waals surface area (Å²) in [5, 5.41) is 35.8. The third kappa shape index (κ3) is 3.66. The molecule has 1 aliphatic heterocycles. The number of aromatic nitrogens is 5. The number of aliphatic hydroxyl groups is 1. The fraction of sp³-hybridized carbons (Fsp3) is 0.409. The van der Waals surface area contributed by atoms with E-state index in [0.29, 0.717) is 17.8 Å². The Labute approximate surface area is 185 Å². The van der Waals surface area contributed by atoms with Crippen molar-refractivity contribution in [2.24, 2.45) is 11.7 Å². The van der Waals surface area contributed by atoms with Crippen LogP contribution in [0.2, 0.25) is 0 Å². The van der Waals surface area contributed by atoms with Crippen molar-refractivity contribution in [2.45, 2.75) is 24.8 Å². The molecule has 0 radical (unpaired) electrons. The first-order valence-corrected chi connectivity index (χ1v) is 10.7. The van der Waals surface area contributed by atoms with Gasteiger partial charge >= 0.3 is 0 Å². The molecular weight excluding hydrogens is 406 g/mol. The molecule has 1 saturated heterocycles. The molecule has 4 heterocycles. The molecule has 0 bridgehead atoms. The topological polar surface area (TPSA) is 145 Å². The number of hydrogen-bond acceptors (Lipinski definition) is 8. The van der Waals surface area contributed by atoms with E-state index in [4.69, 9.17) is 16.2 Å². The number of nitriles is 1. The van der Waals surface area contributed by atoms with Gasteiger partial charge in [-0.3, -0.25) is 15.0 Å². The van der Waals surface area contributed by atoms with Gasteiger partial charge in [0.05, 0.1) is 54.6 Å². The van der Waals surface area contributed by atoms with Crippen molar-refractivity contribution in [1.29, 1.82) is 10.7 Å². The van der Waals surface area contributed by atoms with Crippen molar-refractivity contribution in [2.75, 3.05) is 26.2 Å². The monoisotopic (exact) mass is 431 g/mol. The van der Waals surface area contributed by atoms with Crippen molar-refractivity contribution < 1.29 is 5.11 Å². The van der Waals surface area contributed by atoms with Gasteiger partial charge in [0, 0.05) is 37.1 Å². The lowest BCUT2D eigenvalue weighted by Crippen LogP contribution is -2.62. The van der Waals surface area contributed by atoms with E-state index in [9.17, 15) is 5.26 Å². The number of likely N-dealkylation sites (tertiary alicyclic amines) is 1. The molecule has 10 heteroatoms. The van der Waals surface area contributed by atoms with E-state index in [0.717, 1.165) is 36.6 Å². The molecule has 1 aliphatic carbocycles. The Balaban J connectivity index is 1.48. The van der Waals surface area contributed by atoms with E-state index in [2.05, 4.69) is 26.2 Å². The molecule has 0 unspecified atom stereocenters. The maximum Gasteiger partial charge on any atom is 0.107 e. The van der Waals surface area contributed by atoms with E-state index in [1.54, 1.807) is 23.1 Å². The van der Waals surface area contributed by atoms with Crippen LogP contribution >= 0.6 is 0 Å². The van der Waals surface area contributed by atoms with E-state index in [1.807, 2.05) is 16.9 Å². The highest BCUT2D eigenvalue weighted by Gasteiger charge is 2.46. The summed E-state index contributed by atoms with van der Waals surface area (Å²) >= 11 is 0. The Morgan fingerprint density at radius 1 is 1.34 bits per heavy atom. The third-order valence-corrected chi connectivity index (χ3v) is 6.18. The Bertz CT molecular complexity index is 1240. The van der Waals surface area contributed by atoms with Crippen LogP contribution in [0.5, 0.6) is 0 Å². The summed E-state index contributed by atoms with van der Waals surface area (Å²) in [7, 11) is 0. The van der Waals surface area contributed by atoms with E-state index in [1.165, 1.54) is 18.9 Å². The van der Waals surface area contributed by atoms with Crippen LogP contribution in [-0.4, -0.2) is 66.3 Å². The molecule has 0 amide bonds. The standard InChI is InChI=1S/C22H25N9O/c23-5-4-22(13-29(14-22)9-15-1-2-15)31-10-16(8-27-31)21-20-3-6-26-30(20)11-19(28-21)18(25)7-17(24)12-32/h3,6-8,10-11,15,25,32H,1-2,4,9,12-14,24H2/b17-7-,25-18?. The van der Waals surface area contributed by atoms with Gasteiger partial charge < -0.3 is 10.8 Å². The Morgan fingerprint density at radius 3 is 2.88 bits per heavy atom. The van der Waals surface area contributed by atoms with Gasteiger partial charge in [0.1, 0.15) is 11.2 Å². The van der Waals surface area contributed by atoms with Gasteiger partial charge in [-0.25, -0.2) is 9.50 Å². The highest BCUT2D eigenvalue weighted by atomic mass is 16.3. The lowest BCUT2D eigenvalue weighted by molar-refractivity contribution is 0.00217. The first-order chi connectivity index (χ1) is 15.5. The van der Waals surface area contributed by atoms with Crippen LogP contribution in [-0.2, 0) is 5.54 Å². The molecule has 0 aromatic carbocycles. The Morgan fingerprint density at radius 2 is 2.16 bits per heavy atom. The normalized spacial score (nSPS) is 18.4. The van der Waals surface area contributed by atoms with Gasteiger partial charge in [-0.15, -0.1) is 0 Å². The van der Waals surface area contributed by atoms with Gasteiger partial charge in [0.2, 0.25) is 0 Å². The summed E-state index contributed by atoms with van der Waals surface area (Å²) in [6.07, 6.45) is 11.4. The van der Waals surface area contributed by atoms with Crippen LogP contribution in [0.3, 0.4) is 0 Å². The van der Waals surface area contributed by atoms with Crippen LogP contribution in [0.1, 0.15) is 25.0 Å². The first kappa shape index (κ1) is 20.4. The molecule has 3 aromatic rings. The van der Waals surface area contributed by atoms with Crippen molar-refractivity contribution in [3.63, 3.8) is 0 Å². The second-order valence-electron chi connectivity index (χ2n) is 8.77. The quantitative estimate of drug-likeness (QED) is 0.453. The van der Waals surface area contributed by atoms with Crippen LogP contribution in [0.25, 0.3) is 16.8 Å². The minimum atomic E-state index is -0.329. The van der Waals surface area contributed by atoms with E-state index in [-0.39, 0.29) is 23.6 Å². The number of aliphatic hydroxyl groups excluding tert-OH is 1. The molecule has 2 fully saturated rings. The van der Waals surface area contributed by atoms with Gasteiger partial charge in [-0.1, -0.05) is 0 Å². The van der Waals surface area contributed by atoms with E-state index < -0.39 is 0 Å². The average molecular weight is 432 g/mol. The largest absolute Gasteiger partial charge is 0.400 e. The number of hydrogen-bond donors (Lipinski definition) is 3. The fourth-order valence-electron chi connectivity index (χ4n) is 4.34. The molecule has 32 heavy (non-hydrogen) atoms. The van der Waals surface area contributed by atoms with Crippen LogP contribution in [0, 0.1) is 22.7 Å². The van der Waals surface area contributed by atoms with Crippen LogP contribution in [0.4, 0.5) is 0 Å². The molecule has 4 N–H and O–H groups in total. The summed E-state index contributed by atoms with van der Waals surface area (Å²) in [5.74, 6) is 0.814. The maximum absolute atomic E-state index is 9.45. The fourth-order valence-corrected chi connectivity index (χ4v) is 4.34. The number of fused-ring (bicyclic) bond motifs is 1. The van der Waals surface area contributed by atoms with Crippen LogP contribution < -0.4 is 5.73 Å². The number of rotatable bonds is 8. The molecule has 1 saturated carbocycles.